The number of nitro groups is 1. The number of hydrogen-bond donors (Lipinski definition) is 1. The van der Waals surface area contributed by atoms with Crippen LogP contribution in [0.25, 0.3) is 0 Å². The van der Waals surface area contributed by atoms with Gasteiger partial charge in [-0.2, -0.15) is 0 Å². The molecule has 6 heteroatoms. The van der Waals surface area contributed by atoms with Gasteiger partial charge in [0.05, 0.1) is 11.0 Å². The summed E-state index contributed by atoms with van der Waals surface area (Å²) < 4.78 is 13.7. The molecule has 0 radical (unpaired) electrons. The summed E-state index contributed by atoms with van der Waals surface area (Å²) in [7, 11) is 0. The Morgan fingerprint density at radius 3 is 2.79 bits per heavy atom. The number of nitrogens with one attached hydrogen (secondary N) is 1. The first-order valence-electron chi connectivity index (χ1n) is 5.69. The zero-order valence-corrected chi connectivity index (χ0v) is 10.2. The topological polar surface area (TPSA) is 68.1 Å². The number of halogens is 1. The summed E-state index contributed by atoms with van der Waals surface area (Å²) in [6.07, 6.45) is 3.26. The molecule has 2 rings (SSSR count). The maximum absolute atomic E-state index is 13.7. The van der Waals surface area contributed by atoms with Crippen LogP contribution in [-0.4, -0.2) is 9.91 Å². The Kier molecular flexibility index (Phi) is 3.70. The molecule has 0 aliphatic carbocycles. The molecule has 1 heterocycles. The molecule has 1 unspecified atom stereocenters. The Labute approximate surface area is 109 Å². The van der Waals surface area contributed by atoms with Crippen molar-refractivity contribution >= 4 is 11.4 Å². The first kappa shape index (κ1) is 12.9. The maximum atomic E-state index is 13.7. The van der Waals surface area contributed by atoms with Crippen LogP contribution in [0.5, 0.6) is 0 Å². The van der Waals surface area contributed by atoms with Crippen LogP contribution in [0.2, 0.25) is 0 Å². The van der Waals surface area contributed by atoms with Gasteiger partial charge in [-0.25, -0.2) is 4.39 Å². The number of rotatable bonds is 4. The van der Waals surface area contributed by atoms with Gasteiger partial charge in [0.1, 0.15) is 5.69 Å². The van der Waals surface area contributed by atoms with E-state index in [-0.39, 0.29) is 17.4 Å². The van der Waals surface area contributed by atoms with Crippen LogP contribution in [0.1, 0.15) is 18.5 Å². The highest BCUT2D eigenvalue weighted by Crippen LogP contribution is 2.30. The third-order valence-corrected chi connectivity index (χ3v) is 2.73. The monoisotopic (exact) mass is 261 g/mol. The lowest BCUT2D eigenvalue weighted by molar-refractivity contribution is -0.384. The molecule has 1 aromatic carbocycles. The van der Waals surface area contributed by atoms with E-state index < -0.39 is 10.7 Å². The first-order chi connectivity index (χ1) is 9.09. The van der Waals surface area contributed by atoms with E-state index in [0.29, 0.717) is 0 Å². The van der Waals surface area contributed by atoms with Crippen molar-refractivity contribution in [3.05, 3.63) is 64.2 Å². The van der Waals surface area contributed by atoms with Crippen molar-refractivity contribution in [2.45, 2.75) is 13.0 Å². The third kappa shape index (κ3) is 2.85. The SMILES string of the molecule is CC(Nc1c(F)cccc1[N+](=O)[O-])c1cccnc1. The number of nitro benzene ring substituents is 1. The van der Waals surface area contributed by atoms with Crippen molar-refractivity contribution < 1.29 is 9.31 Å². The summed E-state index contributed by atoms with van der Waals surface area (Å²) in [4.78, 5) is 14.2. The lowest BCUT2D eigenvalue weighted by Crippen LogP contribution is -2.10. The normalized spacial score (nSPS) is 11.9. The Morgan fingerprint density at radius 2 is 2.16 bits per heavy atom. The van der Waals surface area contributed by atoms with Gasteiger partial charge in [0.2, 0.25) is 0 Å². The molecule has 0 saturated carbocycles. The molecule has 0 aliphatic heterocycles. The second-order valence-electron chi connectivity index (χ2n) is 4.04. The van der Waals surface area contributed by atoms with Gasteiger partial charge in [0.15, 0.2) is 5.82 Å². The van der Waals surface area contributed by atoms with E-state index in [1.807, 2.05) is 6.07 Å². The number of hydrogen-bond acceptors (Lipinski definition) is 4. The van der Waals surface area contributed by atoms with Gasteiger partial charge < -0.3 is 5.32 Å². The number of pyridine rings is 1. The van der Waals surface area contributed by atoms with Crippen molar-refractivity contribution in [2.75, 3.05) is 5.32 Å². The van der Waals surface area contributed by atoms with Gasteiger partial charge in [-0.3, -0.25) is 15.1 Å². The molecule has 19 heavy (non-hydrogen) atoms. The van der Waals surface area contributed by atoms with E-state index in [0.717, 1.165) is 5.56 Å². The quantitative estimate of drug-likeness (QED) is 0.677. The van der Waals surface area contributed by atoms with Gasteiger partial charge >= 0.3 is 0 Å². The molecule has 0 bridgehead atoms. The van der Waals surface area contributed by atoms with Crippen LogP contribution in [-0.2, 0) is 0 Å². The molecular formula is C13H12FN3O2. The largest absolute Gasteiger partial charge is 0.370 e. The van der Waals surface area contributed by atoms with E-state index in [1.165, 1.54) is 18.2 Å². The second kappa shape index (κ2) is 5.43. The fraction of sp³-hybridized carbons (Fsp3) is 0.154. The minimum atomic E-state index is -0.648. The van der Waals surface area contributed by atoms with E-state index in [9.17, 15) is 14.5 Å². The zero-order valence-electron chi connectivity index (χ0n) is 10.2. The van der Waals surface area contributed by atoms with E-state index >= 15 is 0 Å². The minimum absolute atomic E-state index is 0.108. The molecule has 0 fully saturated rings. The van der Waals surface area contributed by atoms with Gasteiger partial charge in [0, 0.05) is 18.5 Å². The molecule has 2 aromatic rings. The predicted molar refractivity (Wildman–Crippen MR) is 69.3 cm³/mol. The molecule has 0 amide bonds. The smallest absolute Gasteiger partial charge is 0.295 e. The molecule has 0 saturated heterocycles. The highest BCUT2D eigenvalue weighted by Gasteiger charge is 2.19. The highest BCUT2D eigenvalue weighted by molar-refractivity contribution is 5.63. The number of para-hydroxylation sites is 1. The standard InChI is InChI=1S/C13H12FN3O2/c1-9(10-4-3-7-15-8-10)16-13-11(14)5-2-6-12(13)17(18)19/h2-9,16H,1H3. The van der Waals surface area contributed by atoms with Crippen LogP contribution < -0.4 is 5.32 Å². The summed E-state index contributed by atoms with van der Waals surface area (Å²) in [5.74, 6) is -0.648. The van der Waals surface area contributed by atoms with Crippen LogP contribution in [0.4, 0.5) is 15.8 Å². The lowest BCUT2D eigenvalue weighted by Gasteiger charge is -2.15. The first-order valence-corrected chi connectivity index (χ1v) is 5.69. The summed E-state index contributed by atoms with van der Waals surface area (Å²) in [5.41, 5.74) is 0.430. The maximum Gasteiger partial charge on any atom is 0.295 e. The lowest BCUT2D eigenvalue weighted by atomic mass is 10.1. The minimum Gasteiger partial charge on any atom is -0.370 e. The summed E-state index contributed by atoms with van der Waals surface area (Å²) in [6, 6.07) is 7.05. The summed E-state index contributed by atoms with van der Waals surface area (Å²) >= 11 is 0. The molecular weight excluding hydrogens is 249 g/mol. The summed E-state index contributed by atoms with van der Waals surface area (Å²) in [5, 5.41) is 13.7. The van der Waals surface area contributed by atoms with E-state index in [4.69, 9.17) is 0 Å². The molecule has 1 N–H and O–H groups in total. The van der Waals surface area contributed by atoms with Crippen molar-refractivity contribution in [3.63, 3.8) is 0 Å². The van der Waals surface area contributed by atoms with E-state index in [1.54, 1.807) is 25.4 Å². The van der Waals surface area contributed by atoms with Crippen molar-refractivity contribution in [2.24, 2.45) is 0 Å². The molecule has 1 aromatic heterocycles. The highest BCUT2D eigenvalue weighted by atomic mass is 19.1. The fourth-order valence-electron chi connectivity index (χ4n) is 1.74. The Bertz CT molecular complexity index is 590. The predicted octanol–water partition coefficient (Wildman–Crippen LogP) is 3.30. The van der Waals surface area contributed by atoms with Crippen LogP contribution >= 0.6 is 0 Å². The van der Waals surface area contributed by atoms with Crippen molar-refractivity contribution in [1.29, 1.82) is 0 Å². The van der Waals surface area contributed by atoms with E-state index in [2.05, 4.69) is 10.3 Å². The van der Waals surface area contributed by atoms with Gasteiger partial charge in [-0.05, 0) is 24.6 Å². The van der Waals surface area contributed by atoms with Gasteiger partial charge in [-0.15, -0.1) is 0 Å². The van der Waals surface area contributed by atoms with Crippen LogP contribution in [0.15, 0.2) is 42.7 Å². The number of aromatic nitrogens is 1. The second-order valence-corrected chi connectivity index (χ2v) is 4.04. The average molecular weight is 261 g/mol. The zero-order chi connectivity index (χ0) is 13.8. The summed E-state index contributed by atoms with van der Waals surface area (Å²) in [6.45, 7) is 1.78. The molecule has 5 nitrogen and oxygen atoms in total. The van der Waals surface area contributed by atoms with Crippen LogP contribution in [0, 0.1) is 15.9 Å². The Balaban J connectivity index is 2.31. The fourth-order valence-corrected chi connectivity index (χ4v) is 1.74. The molecule has 0 aliphatic rings. The molecule has 98 valence electrons. The third-order valence-electron chi connectivity index (χ3n) is 2.73. The number of benzene rings is 1. The van der Waals surface area contributed by atoms with Crippen molar-refractivity contribution in [1.82, 2.24) is 4.98 Å². The number of anilines is 1. The average Bonchev–Trinajstić information content (AvgIpc) is 2.41. The Morgan fingerprint density at radius 1 is 1.37 bits per heavy atom. The molecule has 0 spiro atoms. The van der Waals surface area contributed by atoms with Crippen LogP contribution in [0.3, 0.4) is 0 Å². The van der Waals surface area contributed by atoms with Crippen molar-refractivity contribution in [3.8, 4) is 0 Å². The van der Waals surface area contributed by atoms with Gasteiger partial charge in [-0.1, -0.05) is 12.1 Å². The Hall–Kier alpha value is -2.50. The van der Waals surface area contributed by atoms with Gasteiger partial charge in [0.25, 0.3) is 5.69 Å². The molecule has 1 atom stereocenters. The number of nitrogens with zero attached hydrogens (tertiary/aromatic N) is 2.